The van der Waals surface area contributed by atoms with Gasteiger partial charge in [0.05, 0.1) is 10.9 Å². The number of hydrogen-bond donors (Lipinski definition) is 1. The number of rotatable bonds is 2. The number of alkyl halides is 3. The molecule has 1 amide bonds. The number of aromatic hydroxyl groups is 1. The van der Waals surface area contributed by atoms with E-state index in [1.807, 2.05) is 31.2 Å². The number of aromatic nitrogens is 2. The Kier molecular flexibility index (Phi) is 5.15. The molecule has 178 valence electrons. The number of carbonyl (C=O) groups is 1. The van der Waals surface area contributed by atoms with Gasteiger partial charge >= 0.3 is 6.18 Å². The van der Waals surface area contributed by atoms with Crippen LogP contribution in [0.25, 0.3) is 0 Å². The first-order valence-electron chi connectivity index (χ1n) is 10.4. The summed E-state index contributed by atoms with van der Waals surface area (Å²) in [7, 11) is 0. The number of hydrogen-bond acceptors (Lipinski definition) is 7. The highest BCUT2D eigenvalue weighted by molar-refractivity contribution is 7.99. The summed E-state index contributed by atoms with van der Waals surface area (Å²) in [5.74, 6) is -1.43. The molecule has 0 saturated heterocycles. The molecule has 4 heterocycles. The summed E-state index contributed by atoms with van der Waals surface area (Å²) in [6.07, 6.45) is -3.40. The molecule has 12 heteroatoms. The van der Waals surface area contributed by atoms with Gasteiger partial charge in [0.25, 0.3) is 5.91 Å². The number of nitrogens with zero attached hydrogens (tertiary/aromatic N) is 4. The molecule has 1 aromatic carbocycles. The second kappa shape index (κ2) is 7.83. The molecule has 0 spiro atoms. The van der Waals surface area contributed by atoms with Crippen LogP contribution < -0.4 is 10.4 Å². The van der Waals surface area contributed by atoms with E-state index in [1.54, 1.807) is 6.92 Å². The Morgan fingerprint density at radius 2 is 1.97 bits per heavy atom. The van der Waals surface area contributed by atoms with Crippen LogP contribution in [0, 0.1) is 6.92 Å². The Hall–Kier alpha value is -3.41. The minimum absolute atomic E-state index is 0.137. The van der Waals surface area contributed by atoms with Crippen LogP contribution in [0.15, 0.2) is 50.7 Å². The normalized spacial score (nSPS) is 20.0. The highest BCUT2D eigenvalue weighted by atomic mass is 32.2. The number of pyridine rings is 1. The van der Waals surface area contributed by atoms with Crippen molar-refractivity contribution in [1.82, 2.24) is 14.7 Å². The zero-order valence-corrected chi connectivity index (χ0v) is 18.9. The molecule has 0 radical (unpaired) electrons. The topological polar surface area (TPSA) is 91.8 Å². The van der Waals surface area contributed by atoms with Crippen LogP contribution in [-0.2, 0) is 0 Å². The Morgan fingerprint density at radius 1 is 1.24 bits per heavy atom. The van der Waals surface area contributed by atoms with Crippen LogP contribution in [0.5, 0.6) is 5.75 Å². The third kappa shape index (κ3) is 3.52. The van der Waals surface area contributed by atoms with Crippen molar-refractivity contribution in [2.45, 2.75) is 36.2 Å². The number of amides is 1. The first-order chi connectivity index (χ1) is 16.1. The van der Waals surface area contributed by atoms with Gasteiger partial charge < -0.3 is 14.5 Å². The van der Waals surface area contributed by atoms with Crippen LogP contribution in [0.1, 0.15) is 51.3 Å². The molecule has 0 saturated carbocycles. The van der Waals surface area contributed by atoms with Crippen LogP contribution in [0.3, 0.4) is 0 Å². The van der Waals surface area contributed by atoms with E-state index < -0.39 is 48.2 Å². The monoisotopic (exact) mass is 492 g/mol. The van der Waals surface area contributed by atoms with Crippen LogP contribution >= 0.6 is 11.8 Å². The van der Waals surface area contributed by atoms with Gasteiger partial charge in [0, 0.05) is 22.7 Å². The highest BCUT2D eigenvalue weighted by Crippen LogP contribution is 2.49. The lowest BCUT2D eigenvalue weighted by Gasteiger charge is -2.43. The predicted molar refractivity (Wildman–Crippen MR) is 116 cm³/mol. The fraction of sp³-hybridized carbons (Fsp3) is 0.318. The van der Waals surface area contributed by atoms with Crippen molar-refractivity contribution in [2.75, 3.05) is 18.2 Å². The summed E-state index contributed by atoms with van der Waals surface area (Å²) in [4.78, 5) is 26.5. The lowest BCUT2D eigenvalue weighted by Crippen LogP contribution is -2.57. The van der Waals surface area contributed by atoms with E-state index in [0.717, 1.165) is 16.5 Å². The van der Waals surface area contributed by atoms with Crippen molar-refractivity contribution in [3.05, 3.63) is 75.0 Å². The van der Waals surface area contributed by atoms with E-state index in [1.165, 1.54) is 27.6 Å². The zero-order valence-electron chi connectivity index (χ0n) is 18.0. The van der Waals surface area contributed by atoms with E-state index in [4.69, 9.17) is 4.52 Å². The fourth-order valence-electron chi connectivity index (χ4n) is 4.47. The van der Waals surface area contributed by atoms with Crippen molar-refractivity contribution >= 4 is 17.7 Å². The van der Waals surface area contributed by atoms with Gasteiger partial charge in [-0.25, -0.2) is 0 Å². The van der Waals surface area contributed by atoms with Crippen molar-refractivity contribution in [1.29, 1.82) is 0 Å². The number of fused-ring (bicyclic) bond motifs is 3. The zero-order chi connectivity index (χ0) is 24.4. The van der Waals surface area contributed by atoms with Gasteiger partial charge in [0.15, 0.2) is 17.2 Å². The Labute approximate surface area is 195 Å². The number of halogens is 3. The third-order valence-corrected chi connectivity index (χ3v) is 7.09. The summed E-state index contributed by atoms with van der Waals surface area (Å²) in [5, 5.41) is 15.9. The molecule has 5 rings (SSSR count). The standard InChI is InChI=1S/C22H19F3N4O4S/c1-11-16-17(13-5-3-4-6-15(13)34-12(2)20(16)33-26-11)29-10-27(9-22(23,24)25)21(32)18-19(31)14(30)7-8-28(18)29/h3-8,12,17,31H,9-10H2,1-2H3/t12?,17-/m1/s1. The Bertz CT molecular complexity index is 1350. The van der Waals surface area contributed by atoms with E-state index in [2.05, 4.69) is 5.16 Å². The maximum Gasteiger partial charge on any atom is 0.406 e. The maximum absolute atomic E-state index is 13.4. The number of aryl methyl sites for hydroxylation is 1. The number of carbonyl (C=O) groups excluding carboxylic acids is 1. The maximum atomic E-state index is 13.4. The molecule has 2 aromatic heterocycles. The quantitative estimate of drug-likeness (QED) is 0.583. The van der Waals surface area contributed by atoms with Crippen LogP contribution in [0.4, 0.5) is 13.2 Å². The summed E-state index contributed by atoms with van der Waals surface area (Å²) in [6, 6.07) is 7.80. The summed E-state index contributed by atoms with van der Waals surface area (Å²) < 4.78 is 47.0. The second-order valence-electron chi connectivity index (χ2n) is 8.17. The van der Waals surface area contributed by atoms with Crippen molar-refractivity contribution in [3.8, 4) is 5.75 Å². The molecule has 0 bridgehead atoms. The van der Waals surface area contributed by atoms with Crippen molar-refractivity contribution < 1.29 is 27.6 Å². The fourth-order valence-corrected chi connectivity index (χ4v) is 5.61. The Morgan fingerprint density at radius 3 is 2.71 bits per heavy atom. The van der Waals surface area contributed by atoms with Gasteiger partial charge in [-0.1, -0.05) is 23.4 Å². The lowest BCUT2D eigenvalue weighted by molar-refractivity contribution is -0.141. The molecule has 34 heavy (non-hydrogen) atoms. The summed E-state index contributed by atoms with van der Waals surface area (Å²) in [5.41, 5.74) is 0.599. The summed E-state index contributed by atoms with van der Waals surface area (Å²) in [6.45, 7) is 1.70. The molecular formula is C22H19F3N4O4S. The molecule has 1 N–H and O–H groups in total. The molecule has 2 aliphatic heterocycles. The van der Waals surface area contributed by atoms with Crippen molar-refractivity contribution in [2.24, 2.45) is 0 Å². The smallest absolute Gasteiger partial charge is 0.406 e. The lowest BCUT2D eigenvalue weighted by atomic mass is 9.95. The van der Waals surface area contributed by atoms with Crippen LogP contribution in [-0.4, -0.2) is 45.1 Å². The van der Waals surface area contributed by atoms with E-state index in [-0.39, 0.29) is 5.25 Å². The second-order valence-corrected chi connectivity index (χ2v) is 9.55. The first kappa shape index (κ1) is 22.4. The highest BCUT2D eigenvalue weighted by Gasteiger charge is 2.44. The van der Waals surface area contributed by atoms with Gasteiger partial charge in [0.1, 0.15) is 19.3 Å². The summed E-state index contributed by atoms with van der Waals surface area (Å²) >= 11 is 1.53. The molecule has 0 fully saturated rings. The third-order valence-electron chi connectivity index (χ3n) is 5.90. The number of benzene rings is 1. The van der Waals surface area contributed by atoms with E-state index in [9.17, 15) is 27.9 Å². The minimum Gasteiger partial charge on any atom is -0.502 e. The van der Waals surface area contributed by atoms with Gasteiger partial charge in [-0.05, 0) is 25.5 Å². The van der Waals surface area contributed by atoms with Crippen LogP contribution in [0.2, 0.25) is 0 Å². The average Bonchev–Trinajstić information content (AvgIpc) is 3.09. The molecule has 8 nitrogen and oxygen atoms in total. The molecule has 2 atom stereocenters. The van der Waals surface area contributed by atoms with E-state index in [0.29, 0.717) is 21.9 Å². The predicted octanol–water partition coefficient (Wildman–Crippen LogP) is 3.72. The first-order valence-corrected chi connectivity index (χ1v) is 11.2. The number of thioether (sulfide) groups is 1. The Balaban J connectivity index is 1.78. The molecular weight excluding hydrogens is 473 g/mol. The van der Waals surface area contributed by atoms with E-state index >= 15 is 0 Å². The molecule has 0 aliphatic carbocycles. The van der Waals surface area contributed by atoms with Gasteiger partial charge in [-0.15, -0.1) is 11.8 Å². The minimum atomic E-state index is -4.68. The molecule has 1 unspecified atom stereocenters. The SMILES string of the molecule is Cc1noc2c1[C@H](N1CN(CC(F)(F)F)C(=O)c3c(O)c(=O)ccn31)c1ccccc1SC2C. The van der Waals surface area contributed by atoms with Gasteiger partial charge in [0.2, 0.25) is 5.43 Å². The van der Waals surface area contributed by atoms with Crippen molar-refractivity contribution in [3.63, 3.8) is 0 Å². The molecule has 2 aliphatic rings. The molecule has 3 aromatic rings. The average molecular weight is 492 g/mol. The van der Waals surface area contributed by atoms with Gasteiger partial charge in [-0.3, -0.25) is 19.3 Å². The largest absolute Gasteiger partial charge is 0.502 e. The van der Waals surface area contributed by atoms with Gasteiger partial charge in [-0.2, -0.15) is 13.2 Å².